The number of hydrogen-bond acceptors (Lipinski definition) is 5. The van der Waals surface area contributed by atoms with E-state index in [2.05, 4.69) is 9.97 Å². The molecule has 1 aromatic carbocycles. The number of aromatic nitrogens is 2. The number of hydrogen-bond donors (Lipinski definition) is 0. The summed E-state index contributed by atoms with van der Waals surface area (Å²) in [5, 5.41) is 9.71. The third-order valence-electron chi connectivity index (χ3n) is 5.36. The van der Waals surface area contributed by atoms with E-state index in [0.29, 0.717) is 16.5 Å². The van der Waals surface area contributed by atoms with E-state index >= 15 is 0 Å². The second-order valence-corrected chi connectivity index (χ2v) is 7.48. The Morgan fingerprint density at radius 1 is 1.09 bits per heavy atom. The molecule has 3 heterocycles. The normalized spacial score (nSPS) is 16.9. The second kappa shape index (κ2) is 9.40. The molecule has 1 fully saturated rings. The third-order valence-corrected chi connectivity index (χ3v) is 5.36. The molecule has 164 valence electrons. The van der Waals surface area contributed by atoms with Crippen molar-refractivity contribution >= 4 is 36.1 Å². The number of benzene rings is 1. The van der Waals surface area contributed by atoms with Gasteiger partial charge in [-0.2, -0.15) is 18.8 Å². The van der Waals surface area contributed by atoms with Gasteiger partial charge in [-0.15, -0.1) is 0 Å². The molecule has 0 N–H and O–H groups in total. The van der Waals surface area contributed by atoms with Crippen molar-refractivity contribution in [1.82, 2.24) is 14.9 Å². The molecule has 0 saturated carbocycles. The number of carbonyl (C=O) groups excluding carboxylic acids is 2. The summed E-state index contributed by atoms with van der Waals surface area (Å²) in [5.74, 6) is -3.98. The van der Waals surface area contributed by atoms with Crippen LogP contribution in [0.3, 0.4) is 0 Å². The Balaban J connectivity index is 0.00000289. The number of nitriles is 1. The van der Waals surface area contributed by atoms with Crippen LogP contribution in [0.15, 0.2) is 55.0 Å². The maximum atomic E-state index is 13.6. The SMILES string of the molecule is N#C[C@@H]1CC(F)(F)CN1C(=O)CCC(=O)c1ccnc2ccc(-c3ccncc3)cc12.S. The van der Waals surface area contributed by atoms with E-state index in [0.717, 1.165) is 16.0 Å². The molecule has 0 aliphatic carbocycles. The Kier molecular flexibility index (Phi) is 6.84. The zero-order valence-corrected chi connectivity index (χ0v) is 18.0. The van der Waals surface area contributed by atoms with Crippen molar-refractivity contribution in [2.24, 2.45) is 0 Å². The first-order valence-corrected chi connectivity index (χ1v) is 9.77. The average Bonchev–Trinajstić information content (AvgIpc) is 3.11. The molecule has 0 spiro atoms. The van der Waals surface area contributed by atoms with Gasteiger partial charge < -0.3 is 4.90 Å². The van der Waals surface area contributed by atoms with Crippen molar-refractivity contribution in [2.75, 3.05) is 6.54 Å². The predicted molar refractivity (Wildman–Crippen MR) is 120 cm³/mol. The number of rotatable bonds is 5. The molecule has 2 aromatic heterocycles. The summed E-state index contributed by atoms with van der Waals surface area (Å²) < 4.78 is 27.2. The zero-order valence-electron chi connectivity index (χ0n) is 17.0. The number of ketones is 1. The highest BCUT2D eigenvalue weighted by molar-refractivity contribution is 7.59. The lowest BCUT2D eigenvalue weighted by molar-refractivity contribution is -0.132. The zero-order chi connectivity index (χ0) is 22.0. The molecule has 1 saturated heterocycles. The highest BCUT2D eigenvalue weighted by Gasteiger charge is 2.47. The second-order valence-electron chi connectivity index (χ2n) is 7.48. The van der Waals surface area contributed by atoms with Crippen LogP contribution in [0, 0.1) is 11.3 Å². The Morgan fingerprint density at radius 3 is 2.56 bits per heavy atom. The van der Waals surface area contributed by atoms with E-state index in [-0.39, 0.29) is 32.1 Å². The van der Waals surface area contributed by atoms with Crippen LogP contribution in [-0.2, 0) is 4.79 Å². The fraction of sp³-hybridized carbons (Fsp3) is 0.261. The lowest BCUT2D eigenvalue weighted by Gasteiger charge is -2.18. The van der Waals surface area contributed by atoms with Gasteiger partial charge in [-0.05, 0) is 41.5 Å². The fourth-order valence-electron chi connectivity index (χ4n) is 3.81. The maximum absolute atomic E-state index is 13.6. The van der Waals surface area contributed by atoms with E-state index < -0.39 is 30.8 Å². The number of likely N-dealkylation sites (tertiary alicyclic amines) is 1. The van der Waals surface area contributed by atoms with Crippen molar-refractivity contribution in [3.05, 3.63) is 60.6 Å². The quantitative estimate of drug-likeness (QED) is 0.541. The van der Waals surface area contributed by atoms with Crippen molar-refractivity contribution in [2.45, 2.75) is 31.2 Å². The van der Waals surface area contributed by atoms with Gasteiger partial charge in [-0.3, -0.25) is 19.6 Å². The van der Waals surface area contributed by atoms with E-state index in [1.807, 2.05) is 30.3 Å². The molecule has 9 heteroatoms. The third kappa shape index (κ3) is 4.75. The summed E-state index contributed by atoms with van der Waals surface area (Å²) in [6.45, 7) is -0.786. The summed E-state index contributed by atoms with van der Waals surface area (Å²) >= 11 is 0. The van der Waals surface area contributed by atoms with Gasteiger partial charge in [-0.1, -0.05) is 6.07 Å². The van der Waals surface area contributed by atoms with Gasteiger partial charge in [0.05, 0.1) is 18.1 Å². The van der Waals surface area contributed by atoms with Crippen molar-refractivity contribution in [3.8, 4) is 17.2 Å². The average molecular weight is 455 g/mol. The van der Waals surface area contributed by atoms with E-state index in [9.17, 15) is 18.4 Å². The van der Waals surface area contributed by atoms with Crippen molar-refractivity contribution in [1.29, 1.82) is 5.26 Å². The number of alkyl halides is 2. The Morgan fingerprint density at radius 2 is 1.84 bits per heavy atom. The molecular weight excluding hydrogens is 434 g/mol. The lowest BCUT2D eigenvalue weighted by Crippen LogP contribution is -2.36. The Hall–Kier alpha value is -3.38. The number of fused-ring (bicyclic) bond motifs is 1. The topological polar surface area (TPSA) is 87.0 Å². The van der Waals surface area contributed by atoms with Gasteiger partial charge in [0.15, 0.2) is 5.78 Å². The summed E-state index contributed by atoms with van der Waals surface area (Å²) in [4.78, 5) is 34.5. The van der Waals surface area contributed by atoms with Gasteiger partial charge in [-0.25, -0.2) is 8.78 Å². The Bertz CT molecular complexity index is 1200. The van der Waals surface area contributed by atoms with E-state index in [4.69, 9.17) is 5.26 Å². The Labute approximate surface area is 190 Å². The molecule has 1 amide bonds. The molecule has 3 aromatic rings. The highest BCUT2D eigenvalue weighted by Crippen LogP contribution is 2.32. The van der Waals surface area contributed by atoms with Crippen LogP contribution in [0.5, 0.6) is 0 Å². The van der Waals surface area contributed by atoms with Crippen LogP contribution in [0.2, 0.25) is 0 Å². The summed E-state index contributed by atoms with van der Waals surface area (Å²) in [6.07, 6.45) is 3.83. The van der Waals surface area contributed by atoms with Gasteiger partial charge in [0, 0.05) is 48.8 Å². The smallest absolute Gasteiger partial charge is 0.268 e. The molecule has 0 unspecified atom stereocenters. The molecule has 0 radical (unpaired) electrons. The molecule has 1 aliphatic heterocycles. The number of nitrogens with zero attached hydrogens (tertiary/aromatic N) is 4. The molecule has 0 bridgehead atoms. The van der Waals surface area contributed by atoms with Gasteiger partial charge in [0.25, 0.3) is 5.92 Å². The largest absolute Gasteiger partial charge is 0.320 e. The minimum Gasteiger partial charge on any atom is -0.320 e. The first kappa shape index (κ1) is 23.3. The molecule has 32 heavy (non-hydrogen) atoms. The number of Topliss-reactive ketones (excluding diaryl/α,β-unsaturated/α-hetero) is 1. The summed E-state index contributed by atoms with van der Waals surface area (Å²) in [7, 11) is 0. The van der Waals surface area contributed by atoms with Crippen LogP contribution in [0.1, 0.15) is 29.6 Å². The summed E-state index contributed by atoms with van der Waals surface area (Å²) in [6, 6.07) is 11.5. The van der Waals surface area contributed by atoms with Crippen LogP contribution in [-0.4, -0.2) is 45.1 Å². The fourth-order valence-corrected chi connectivity index (χ4v) is 3.81. The number of carbonyl (C=O) groups is 2. The van der Waals surface area contributed by atoms with Crippen molar-refractivity contribution < 1.29 is 18.4 Å². The van der Waals surface area contributed by atoms with E-state index in [1.54, 1.807) is 24.5 Å². The van der Waals surface area contributed by atoms with Crippen LogP contribution < -0.4 is 0 Å². The molecule has 1 aliphatic rings. The molecule has 6 nitrogen and oxygen atoms in total. The molecule has 1 atom stereocenters. The van der Waals surface area contributed by atoms with Crippen LogP contribution in [0.4, 0.5) is 8.78 Å². The molecular formula is C23H20F2N4O2S. The minimum atomic E-state index is -3.08. The van der Waals surface area contributed by atoms with Gasteiger partial charge in [0.2, 0.25) is 5.91 Å². The molecule has 4 rings (SSSR count). The van der Waals surface area contributed by atoms with Crippen LogP contribution in [0.25, 0.3) is 22.0 Å². The summed E-state index contributed by atoms with van der Waals surface area (Å²) in [5.41, 5.74) is 2.88. The lowest BCUT2D eigenvalue weighted by atomic mass is 9.98. The highest BCUT2D eigenvalue weighted by atomic mass is 32.1. The van der Waals surface area contributed by atoms with Crippen molar-refractivity contribution in [3.63, 3.8) is 0 Å². The van der Waals surface area contributed by atoms with E-state index in [1.165, 1.54) is 6.20 Å². The van der Waals surface area contributed by atoms with Crippen LogP contribution >= 0.6 is 13.5 Å². The number of pyridine rings is 2. The first-order chi connectivity index (χ1) is 14.9. The minimum absolute atomic E-state index is 0. The number of amides is 1. The number of halogens is 2. The standard InChI is InChI=1S/C23H18F2N4O2.H2S/c24-23(25)12-17(13-26)29(14-23)22(31)4-3-21(30)18-7-10-28-20-2-1-16(11-19(18)20)15-5-8-27-9-6-15;/h1-2,5-11,17H,3-4,12,14H2;1H2/t17-;/m0./s1. The first-order valence-electron chi connectivity index (χ1n) is 9.77. The predicted octanol–water partition coefficient (Wildman–Crippen LogP) is 4.13. The maximum Gasteiger partial charge on any atom is 0.268 e. The van der Waals surface area contributed by atoms with Gasteiger partial charge >= 0.3 is 0 Å². The monoisotopic (exact) mass is 454 g/mol. The van der Waals surface area contributed by atoms with Gasteiger partial charge in [0.1, 0.15) is 6.04 Å².